The van der Waals surface area contributed by atoms with Crippen LogP contribution in [-0.4, -0.2) is 15.8 Å². The molecule has 0 radical (unpaired) electrons. The first-order chi connectivity index (χ1) is 8.97. The highest BCUT2D eigenvalue weighted by Crippen LogP contribution is 2.19. The summed E-state index contributed by atoms with van der Waals surface area (Å²) >= 11 is 0. The van der Waals surface area contributed by atoms with E-state index in [0.29, 0.717) is 5.92 Å². The highest BCUT2D eigenvalue weighted by molar-refractivity contribution is 5.43. The Hall–Kier alpha value is -1.61. The SMILES string of the molecule is Cc1ccc(-n2ccc(C(C)C)n2)c(CC(C)N)c1. The second-order valence-corrected chi connectivity index (χ2v) is 5.65. The summed E-state index contributed by atoms with van der Waals surface area (Å²) in [5.74, 6) is 0.448. The molecule has 0 spiro atoms. The van der Waals surface area contributed by atoms with E-state index in [1.165, 1.54) is 11.1 Å². The molecule has 1 aromatic heterocycles. The molecule has 0 saturated carbocycles. The average Bonchev–Trinajstić information content (AvgIpc) is 2.77. The van der Waals surface area contributed by atoms with E-state index in [-0.39, 0.29) is 6.04 Å². The zero-order valence-corrected chi connectivity index (χ0v) is 12.2. The molecule has 0 aliphatic carbocycles. The van der Waals surface area contributed by atoms with Crippen molar-refractivity contribution in [3.63, 3.8) is 0 Å². The molecular formula is C16H23N3. The Morgan fingerprint density at radius 2 is 1.95 bits per heavy atom. The molecule has 1 unspecified atom stereocenters. The van der Waals surface area contributed by atoms with Gasteiger partial charge in [0.05, 0.1) is 11.4 Å². The van der Waals surface area contributed by atoms with Gasteiger partial charge in [0.2, 0.25) is 0 Å². The van der Waals surface area contributed by atoms with Gasteiger partial charge in [-0.3, -0.25) is 0 Å². The van der Waals surface area contributed by atoms with Crippen LogP contribution in [0.4, 0.5) is 0 Å². The number of nitrogens with two attached hydrogens (primary N) is 1. The molecule has 3 nitrogen and oxygen atoms in total. The lowest BCUT2D eigenvalue weighted by atomic mass is 10.0. The van der Waals surface area contributed by atoms with Gasteiger partial charge in [-0.15, -0.1) is 0 Å². The third kappa shape index (κ3) is 3.24. The van der Waals surface area contributed by atoms with Gasteiger partial charge in [-0.05, 0) is 43.9 Å². The molecule has 0 saturated heterocycles. The molecule has 102 valence electrons. The van der Waals surface area contributed by atoms with E-state index in [0.717, 1.165) is 17.8 Å². The minimum atomic E-state index is 0.153. The third-order valence-electron chi connectivity index (χ3n) is 3.22. The van der Waals surface area contributed by atoms with Crippen molar-refractivity contribution in [2.24, 2.45) is 5.73 Å². The fourth-order valence-corrected chi connectivity index (χ4v) is 2.23. The predicted octanol–water partition coefficient (Wildman–Crippen LogP) is 3.19. The molecule has 2 rings (SSSR count). The molecule has 0 aliphatic rings. The van der Waals surface area contributed by atoms with Gasteiger partial charge in [0.15, 0.2) is 0 Å². The van der Waals surface area contributed by atoms with E-state index >= 15 is 0 Å². The highest BCUT2D eigenvalue weighted by atomic mass is 15.3. The second kappa shape index (κ2) is 5.57. The van der Waals surface area contributed by atoms with Crippen molar-refractivity contribution in [1.82, 2.24) is 9.78 Å². The molecule has 1 aromatic carbocycles. The molecule has 0 fully saturated rings. The Morgan fingerprint density at radius 3 is 2.53 bits per heavy atom. The van der Waals surface area contributed by atoms with Crippen LogP contribution in [0.25, 0.3) is 5.69 Å². The summed E-state index contributed by atoms with van der Waals surface area (Å²) in [6.07, 6.45) is 2.90. The van der Waals surface area contributed by atoms with Crippen LogP contribution in [0.5, 0.6) is 0 Å². The van der Waals surface area contributed by atoms with Crippen molar-refractivity contribution in [3.05, 3.63) is 47.3 Å². The number of benzene rings is 1. The molecule has 0 aliphatic heterocycles. The summed E-state index contributed by atoms with van der Waals surface area (Å²) in [5, 5.41) is 4.65. The maximum atomic E-state index is 5.95. The largest absolute Gasteiger partial charge is 0.328 e. The van der Waals surface area contributed by atoms with Crippen molar-refractivity contribution in [3.8, 4) is 5.69 Å². The first-order valence-electron chi connectivity index (χ1n) is 6.88. The van der Waals surface area contributed by atoms with Crippen molar-refractivity contribution in [2.45, 2.75) is 46.1 Å². The molecular weight excluding hydrogens is 234 g/mol. The maximum absolute atomic E-state index is 5.95. The van der Waals surface area contributed by atoms with E-state index < -0.39 is 0 Å². The lowest BCUT2D eigenvalue weighted by Crippen LogP contribution is -2.19. The van der Waals surface area contributed by atoms with Gasteiger partial charge in [0.25, 0.3) is 0 Å². The molecule has 1 heterocycles. The van der Waals surface area contributed by atoms with Crippen LogP contribution in [0.3, 0.4) is 0 Å². The van der Waals surface area contributed by atoms with Gasteiger partial charge in [-0.2, -0.15) is 5.10 Å². The van der Waals surface area contributed by atoms with E-state index in [4.69, 9.17) is 5.73 Å². The van der Waals surface area contributed by atoms with Gasteiger partial charge in [-0.25, -0.2) is 4.68 Å². The van der Waals surface area contributed by atoms with Gasteiger partial charge in [0, 0.05) is 12.2 Å². The number of rotatable bonds is 4. The van der Waals surface area contributed by atoms with Crippen LogP contribution in [-0.2, 0) is 6.42 Å². The molecule has 19 heavy (non-hydrogen) atoms. The molecule has 2 N–H and O–H groups in total. The van der Waals surface area contributed by atoms with Crippen LogP contribution in [0.15, 0.2) is 30.5 Å². The summed E-state index contributed by atoms with van der Waals surface area (Å²) in [7, 11) is 0. The van der Waals surface area contributed by atoms with Crippen LogP contribution in [0.2, 0.25) is 0 Å². The van der Waals surface area contributed by atoms with Crippen LogP contribution >= 0.6 is 0 Å². The number of nitrogens with zero attached hydrogens (tertiary/aromatic N) is 2. The Morgan fingerprint density at radius 1 is 1.21 bits per heavy atom. The van der Waals surface area contributed by atoms with Crippen LogP contribution in [0, 0.1) is 6.92 Å². The highest BCUT2D eigenvalue weighted by Gasteiger charge is 2.10. The number of hydrogen-bond donors (Lipinski definition) is 1. The van der Waals surface area contributed by atoms with E-state index in [1.807, 2.05) is 17.8 Å². The van der Waals surface area contributed by atoms with Crippen molar-refractivity contribution in [1.29, 1.82) is 0 Å². The Kier molecular flexibility index (Phi) is 4.05. The molecule has 0 amide bonds. The first-order valence-corrected chi connectivity index (χ1v) is 6.88. The molecule has 3 heteroatoms. The first kappa shape index (κ1) is 13.8. The fourth-order valence-electron chi connectivity index (χ4n) is 2.23. The monoisotopic (exact) mass is 257 g/mol. The Bertz CT molecular complexity index is 553. The van der Waals surface area contributed by atoms with Gasteiger partial charge >= 0.3 is 0 Å². The van der Waals surface area contributed by atoms with E-state index in [9.17, 15) is 0 Å². The quantitative estimate of drug-likeness (QED) is 0.914. The summed E-state index contributed by atoms with van der Waals surface area (Å²) in [6, 6.07) is 8.69. The molecule has 0 bridgehead atoms. The lowest BCUT2D eigenvalue weighted by Gasteiger charge is -2.13. The number of hydrogen-bond acceptors (Lipinski definition) is 2. The minimum absolute atomic E-state index is 0.153. The minimum Gasteiger partial charge on any atom is -0.328 e. The van der Waals surface area contributed by atoms with Gasteiger partial charge < -0.3 is 5.73 Å². The lowest BCUT2D eigenvalue weighted by molar-refractivity contribution is 0.720. The van der Waals surface area contributed by atoms with Crippen molar-refractivity contribution < 1.29 is 0 Å². The summed E-state index contributed by atoms with van der Waals surface area (Å²) < 4.78 is 1.96. The topological polar surface area (TPSA) is 43.8 Å². The molecule has 2 aromatic rings. The van der Waals surface area contributed by atoms with Gasteiger partial charge in [0.1, 0.15) is 0 Å². The Balaban J connectivity index is 2.42. The van der Waals surface area contributed by atoms with E-state index in [1.54, 1.807) is 0 Å². The number of aryl methyl sites for hydroxylation is 1. The number of aromatic nitrogens is 2. The van der Waals surface area contributed by atoms with Crippen LogP contribution in [0.1, 0.15) is 43.5 Å². The Labute approximate surface area is 115 Å². The van der Waals surface area contributed by atoms with E-state index in [2.05, 4.69) is 50.1 Å². The molecule has 1 atom stereocenters. The average molecular weight is 257 g/mol. The third-order valence-corrected chi connectivity index (χ3v) is 3.22. The second-order valence-electron chi connectivity index (χ2n) is 5.65. The smallest absolute Gasteiger partial charge is 0.0678 e. The predicted molar refractivity (Wildman–Crippen MR) is 79.7 cm³/mol. The standard InChI is InChI=1S/C16H23N3/c1-11(2)15-7-8-19(18-15)16-6-5-12(3)9-14(16)10-13(4)17/h5-9,11,13H,10,17H2,1-4H3. The summed E-state index contributed by atoms with van der Waals surface area (Å²) in [5.41, 5.74) is 10.7. The van der Waals surface area contributed by atoms with Crippen molar-refractivity contribution in [2.75, 3.05) is 0 Å². The summed E-state index contributed by atoms with van der Waals surface area (Å²) in [4.78, 5) is 0. The fraction of sp³-hybridized carbons (Fsp3) is 0.438. The van der Waals surface area contributed by atoms with Crippen molar-refractivity contribution >= 4 is 0 Å². The summed E-state index contributed by atoms with van der Waals surface area (Å²) in [6.45, 7) is 8.46. The maximum Gasteiger partial charge on any atom is 0.0678 e. The van der Waals surface area contributed by atoms with Gasteiger partial charge in [-0.1, -0.05) is 31.5 Å². The van der Waals surface area contributed by atoms with Crippen LogP contribution < -0.4 is 5.73 Å². The normalized spacial score (nSPS) is 12.9. The zero-order chi connectivity index (χ0) is 14.0. The zero-order valence-electron chi connectivity index (χ0n) is 12.2.